The summed E-state index contributed by atoms with van der Waals surface area (Å²) in [6.07, 6.45) is 3.66. The largest absolute Gasteiger partial charge is 0.382 e. The van der Waals surface area contributed by atoms with Gasteiger partial charge in [-0.2, -0.15) is 0 Å². The van der Waals surface area contributed by atoms with E-state index in [0.717, 1.165) is 18.5 Å². The van der Waals surface area contributed by atoms with Crippen molar-refractivity contribution < 1.29 is 9.13 Å². The molecule has 0 spiro atoms. The van der Waals surface area contributed by atoms with Gasteiger partial charge in [-0.15, -0.1) is 0 Å². The minimum atomic E-state index is -0.158. The van der Waals surface area contributed by atoms with Gasteiger partial charge in [0.15, 0.2) is 0 Å². The van der Waals surface area contributed by atoms with E-state index >= 15 is 0 Å². The molecule has 2 rings (SSSR count). The number of methoxy groups -OCH3 is 1. The normalized spacial score (nSPS) is 18.6. The fourth-order valence-electron chi connectivity index (χ4n) is 2.19. The molecular weight excluding hydrogens is 229 g/mol. The number of ether oxygens (including phenoxy) is 1. The molecule has 0 saturated heterocycles. The molecule has 0 heterocycles. The Morgan fingerprint density at radius 3 is 2.83 bits per heavy atom. The van der Waals surface area contributed by atoms with Gasteiger partial charge in [-0.3, -0.25) is 0 Å². The van der Waals surface area contributed by atoms with E-state index in [9.17, 15) is 4.39 Å². The summed E-state index contributed by atoms with van der Waals surface area (Å²) in [6, 6.07) is 7.60. The highest BCUT2D eigenvalue weighted by molar-refractivity contribution is 5.21. The Hall–Kier alpha value is -0.930. The van der Waals surface area contributed by atoms with Crippen LogP contribution in [0, 0.1) is 5.82 Å². The van der Waals surface area contributed by atoms with Gasteiger partial charge in [-0.1, -0.05) is 12.1 Å². The third kappa shape index (κ3) is 4.07. The maximum atomic E-state index is 13.3. The Bertz CT molecular complexity index is 379. The predicted octanol–water partition coefficient (Wildman–Crippen LogP) is 3.09. The van der Waals surface area contributed by atoms with Gasteiger partial charge in [0.25, 0.3) is 0 Å². The second kappa shape index (κ2) is 6.30. The van der Waals surface area contributed by atoms with Gasteiger partial charge in [0.2, 0.25) is 0 Å². The summed E-state index contributed by atoms with van der Waals surface area (Å²) in [5, 5.41) is 3.53. The van der Waals surface area contributed by atoms with Crippen molar-refractivity contribution in [3.8, 4) is 0 Å². The van der Waals surface area contributed by atoms with Crippen LogP contribution in [0.2, 0.25) is 0 Å². The topological polar surface area (TPSA) is 21.3 Å². The van der Waals surface area contributed by atoms with Crippen molar-refractivity contribution in [3.05, 3.63) is 35.6 Å². The van der Waals surface area contributed by atoms with Crippen LogP contribution in [0.5, 0.6) is 0 Å². The molecule has 2 unspecified atom stereocenters. The summed E-state index contributed by atoms with van der Waals surface area (Å²) in [5.41, 5.74) is 1.06. The molecular formula is C15H22FNO. The minimum Gasteiger partial charge on any atom is -0.382 e. The monoisotopic (exact) mass is 251 g/mol. The van der Waals surface area contributed by atoms with Crippen molar-refractivity contribution in [2.24, 2.45) is 0 Å². The molecule has 1 aliphatic rings. The first kappa shape index (κ1) is 13.5. The lowest BCUT2D eigenvalue weighted by Crippen LogP contribution is -2.26. The predicted molar refractivity (Wildman–Crippen MR) is 71.3 cm³/mol. The maximum absolute atomic E-state index is 13.3. The highest BCUT2D eigenvalue weighted by atomic mass is 19.1. The first-order valence-electron chi connectivity index (χ1n) is 6.70. The standard InChI is InChI=1S/C15H22FNO/c1-11(18-2)8-13(10-17-15-6-7-15)12-4-3-5-14(16)9-12/h3-5,9,11,13,15,17H,6-8,10H2,1-2H3. The summed E-state index contributed by atoms with van der Waals surface area (Å²) in [6.45, 7) is 2.96. The fraction of sp³-hybridized carbons (Fsp3) is 0.600. The molecule has 100 valence electrons. The highest BCUT2D eigenvalue weighted by Crippen LogP contribution is 2.25. The molecule has 18 heavy (non-hydrogen) atoms. The van der Waals surface area contributed by atoms with Crippen LogP contribution in [-0.2, 0) is 4.74 Å². The van der Waals surface area contributed by atoms with Gasteiger partial charge in [-0.25, -0.2) is 4.39 Å². The van der Waals surface area contributed by atoms with E-state index in [2.05, 4.69) is 12.2 Å². The summed E-state index contributed by atoms with van der Waals surface area (Å²) in [4.78, 5) is 0. The van der Waals surface area contributed by atoms with Crippen LogP contribution in [0.3, 0.4) is 0 Å². The van der Waals surface area contributed by atoms with E-state index in [4.69, 9.17) is 4.74 Å². The molecule has 1 saturated carbocycles. The third-order valence-corrected chi connectivity index (χ3v) is 3.57. The molecule has 0 aliphatic heterocycles. The van der Waals surface area contributed by atoms with Crippen molar-refractivity contribution in [2.45, 2.75) is 44.2 Å². The van der Waals surface area contributed by atoms with E-state index in [-0.39, 0.29) is 11.9 Å². The van der Waals surface area contributed by atoms with Crippen molar-refractivity contribution >= 4 is 0 Å². The molecule has 3 heteroatoms. The molecule has 1 N–H and O–H groups in total. The van der Waals surface area contributed by atoms with E-state index in [0.29, 0.717) is 12.0 Å². The zero-order valence-electron chi connectivity index (χ0n) is 11.2. The van der Waals surface area contributed by atoms with Crippen LogP contribution in [0.25, 0.3) is 0 Å². The van der Waals surface area contributed by atoms with Gasteiger partial charge in [0, 0.05) is 19.7 Å². The number of nitrogens with one attached hydrogen (secondary N) is 1. The maximum Gasteiger partial charge on any atom is 0.123 e. The highest BCUT2D eigenvalue weighted by Gasteiger charge is 2.23. The van der Waals surface area contributed by atoms with Crippen LogP contribution in [-0.4, -0.2) is 25.8 Å². The minimum absolute atomic E-state index is 0.158. The van der Waals surface area contributed by atoms with E-state index in [1.807, 2.05) is 6.07 Å². The lowest BCUT2D eigenvalue weighted by atomic mass is 9.93. The molecule has 1 aromatic carbocycles. The average molecular weight is 251 g/mol. The van der Waals surface area contributed by atoms with E-state index < -0.39 is 0 Å². The molecule has 0 bridgehead atoms. The van der Waals surface area contributed by atoms with Crippen LogP contribution < -0.4 is 5.32 Å². The van der Waals surface area contributed by atoms with Gasteiger partial charge in [-0.05, 0) is 49.8 Å². The molecule has 0 aromatic heterocycles. The van der Waals surface area contributed by atoms with Crippen LogP contribution in [0.4, 0.5) is 4.39 Å². The first-order valence-corrected chi connectivity index (χ1v) is 6.70. The second-order valence-electron chi connectivity index (χ2n) is 5.22. The lowest BCUT2D eigenvalue weighted by molar-refractivity contribution is 0.104. The Kier molecular flexibility index (Phi) is 4.72. The zero-order chi connectivity index (χ0) is 13.0. The van der Waals surface area contributed by atoms with Crippen molar-refractivity contribution in [3.63, 3.8) is 0 Å². The lowest BCUT2D eigenvalue weighted by Gasteiger charge is -2.21. The smallest absolute Gasteiger partial charge is 0.123 e. The van der Waals surface area contributed by atoms with Crippen LogP contribution in [0.1, 0.15) is 37.7 Å². The summed E-state index contributed by atoms with van der Waals surface area (Å²) in [5.74, 6) is 0.158. The summed E-state index contributed by atoms with van der Waals surface area (Å²) < 4.78 is 18.6. The second-order valence-corrected chi connectivity index (χ2v) is 5.22. The van der Waals surface area contributed by atoms with Gasteiger partial charge < -0.3 is 10.1 Å². The number of hydrogen-bond donors (Lipinski definition) is 1. The Morgan fingerprint density at radius 2 is 2.22 bits per heavy atom. The van der Waals surface area contributed by atoms with Crippen molar-refractivity contribution in [2.75, 3.05) is 13.7 Å². The zero-order valence-corrected chi connectivity index (χ0v) is 11.2. The Balaban J connectivity index is 2.01. The summed E-state index contributed by atoms with van der Waals surface area (Å²) in [7, 11) is 1.72. The molecule has 1 fully saturated rings. The van der Waals surface area contributed by atoms with Gasteiger partial charge in [0.05, 0.1) is 6.10 Å². The Labute approximate surface area is 109 Å². The van der Waals surface area contributed by atoms with E-state index in [1.165, 1.54) is 18.9 Å². The van der Waals surface area contributed by atoms with Crippen molar-refractivity contribution in [1.82, 2.24) is 5.32 Å². The van der Waals surface area contributed by atoms with Gasteiger partial charge in [0.1, 0.15) is 5.82 Å². The molecule has 1 aliphatic carbocycles. The molecule has 2 atom stereocenters. The summed E-state index contributed by atoms with van der Waals surface area (Å²) >= 11 is 0. The first-order chi connectivity index (χ1) is 8.69. The third-order valence-electron chi connectivity index (χ3n) is 3.57. The quantitative estimate of drug-likeness (QED) is 0.804. The van der Waals surface area contributed by atoms with Crippen LogP contribution >= 0.6 is 0 Å². The van der Waals surface area contributed by atoms with E-state index in [1.54, 1.807) is 19.2 Å². The molecule has 1 aromatic rings. The number of benzene rings is 1. The molecule has 2 nitrogen and oxygen atoms in total. The SMILES string of the molecule is COC(C)CC(CNC1CC1)c1cccc(F)c1. The average Bonchev–Trinajstić information content (AvgIpc) is 3.18. The van der Waals surface area contributed by atoms with Crippen molar-refractivity contribution in [1.29, 1.82) is 0 Å². The number of halogens is 1. The number of hydrogen-bond acceptors (Lipinski definition) is 2. The van der Waals surface area contributed by atoms with Gasteiger partial charge >= 0.3 is 0 Å². The fourth-order valence-corrected chi connectivity index (χ4v) is 2.19. The number of rotatable bonds is 7. The molecule has 0 radical (unpaired) electrons. The Morgan fingerprint density at radius 1 is 1.44 bits per heavy atom. The molecule has 0 amide bonds. The van der Waals surface area contributed by atoms with Crippen LogP contribution in [0.15, 0.2) is 24.3 Å².